The zero-order valence-electron chi connectivity index (χ0n) is 12.4. The summed E-state index contributed by atoms with van der Waals surface area (Å²) in [6.45, 7) is 5.64. The van der Waals surface area contributed by atoms with Gasteiger partial charge in [0, 0.05) is 6.54 Å². The van der Waals surface area contributed by atoms with Crippen LogP contribution in [0.25, 0.3) is 10.8 Å². The lowest BCUT2D eigenvalue weighted by molar-refractivity contribution is 0.301. The monoisotopic (exact) mass is 281 g/mol. The van der Waals surface area contributed by atoms with Crippen LogP contribution in [0.5, 0.6) is 5.75 Å². The molecule has 0 saturated carbocycles. The normalized spacial score (nSPS) is 11.2. The van der Waals surface area contributed by atoms with E-state index < -0.39 is 0 Å². The van der Waals surface area contributed by atoms with Crippen molar-refractivity contribution in [2.45, 2.75) is 27.0 Å². The van der Waals surface area contributed by atoms with Gasteiger partial charge in [0.2, 0.25) is 0 Å². The Morgan fingerprint density at radius 3 is 2.71 bits per heavy atom. The van der Waals surface area contributed by atoms with Crippen LogP contribution in [0.2, 0.25) is 0 Å². The predicted molar refractivity (Wildman–Crippen MR) is 83.1 cm³/mol. The van der Waals surface area contributed by atoms with E-state index in [0.717, 1.165) is 18.0 Å². The molecule has 0 amide bonds. The van der Waals surface area contributed by atoms with Crippen LogP contribution in [0.15, 0.2) is 48.7 Å². The van der Waals surface area contributed by atoms with Crippen molar-refractivity contribution in [2.75, 3.05) is 0 Å². The van der Waals surface area contributed by atoms with Crippen LogP contribution in [0.1, 0.15) is 19.5 Å². The maximum Gasteiger partial charge on any atom is 0.134 e. The third-order valence-corrected chi connectivity index (χ3v) is 3.25. The molecule has 0 atom stereocenters. The minimum atomic E-state index is 0.441. The van der Waals surface area contributed by atoms with Gasteiger partial charge in [0.15, 0.2) is 0 Å². The molecule has 1 heterocycles. The van der Waals surface area contributed by atoms with Gasteiger partial charge in [0.25, 0.3) is 0 Å². The van der Waals surface area contributed by atoms with Gasteiger partial charge in [-0.25, -0.2) is 0 Å². The molecule has 0 aliphatic carbocycles. The molecule has 0 radical (unpaired) electrons. The molecule has 2 aromatic carbocycles. The summed E-state index contributed by atoms with van der Waals surface area (Å²) in [5.41, 5.74) is 0.851. The minimum absolute atomic E-state index is 0.441. The van der Waals surface area contributed by atoms with Gasteiger partial charge in [0.05, 0.1) is 6.20 Å². The molecule has 0 aliphatic heterocycles. The van der Waals surface area contributed by atoms with E-state index in [4.69, 9.17) is 4.74 Å². The molecule has 0 aliphatic rings. The fourth-order valence-electron chi connectivity index (χ4n) is 2.28. The lowest BCUT2D eigenvalue weighted by atomic mass is 10.1. The Balaban J connectivity index is 1.67. The third kappa shape index (κ3) is 3.40. The van der Waals surface area contributed by atoms with Crippen molar-refractivity contribution in [3.05, 3.63) is 54.4 Å². The molecule has 1 aromatic heterocycles. The largest absolute Gasteiger partial charge is 0.487 e. The molecule has 0 N–H and O–H groups in total. The van der Waals surface area contributed by atoms with E-state index in [9.17, 15) is 0 Å². The van der Waals surface area contributed by atoms with Crippen molar-refractivity contribution in [1.82, 2.24) is 15.0 Å². The van der Waals surface area contributed by atoms with Gasteiger partial charge in [-0.2, -0.15) is 0 Å². The van der Waals surface area contributed by atoms with Crippen LogP contribution >= 0.6 is 0 Å². The Morgan fingerprint density at radius 2 is 1.90 bits per heavy atom. The Morgan fingerprint density at radius 1 is 1.10 bits per heavy atom. The molecule has 108 valence electrons. The van der Waals surface area contributed by atoms with Gasteiger partial charge in [-0.05, 0) is 28.8 Å². The molecule has 0 unspecified atom stereocenters. The summed E-state index contributed by atoms with van der Waals surface area (Å²) in [4.78, 5) is 0. The first kappa shape index (κ1) is 13.6. The summed E-state index contributed by atoms with van der Waals surface area (Å²) < 4.78 is 7.67. The number of hydrogen-bond acceptors (Lipinski definition) is 3. The van der Waals surface area contributed by atoms with Crippen LogP contribution in [0.3, 0.4) is 0 Å². The summed E-state index contributed by atoms with van der Waals surface area (Å²) in [7, 11) is 0. The third-order valence-electron chi connectivity index (χ3n) is 3.25. The molecule has 4 nitrogen and oxygen atoms in total. The van der Waals surface area contributed by atoms with E-state index in [0.29, 0.717) is 12.5 Å². The SMILES string of the molecule is CC(C)Cn1cc(COc2ccc3ccccc3c2)nn1. The maximum absolute atomic E-state index is 5.80. The fraction of sp³-hybridized carbons (Fsp3) is 0.294. The molecule has 0 bridgehead atoms. The second-order valence-corrected chi connectivity index (χ2v) is 5.62. The minimum Gasteiger partial charge on any atom is -0.487 e. The van der Waals surface area contributed by atoms with E-state index in [1.165, 1.54) is 10.8 Å². The zero-order chi connectivity index (χ0) is 14.7. The number of ether oxygens (including phenoxy) is 1. The summed E-state index contributed by atoms with van der Waals surface area (Å²) in [5.74, 6) is 1.41. The molecule has 0 saturated heterocycles. The van der Waals surface area contributed by atoms with Crippen molar-refractivity contribution in [1.29, 1.82) is 0 Å². The lowest BCUT2D eigenvalue weighted by Crippen LogP contribution is -2.04. The molecular formula is C17H19N3O. The molecule has 3 aromatic rings. The van der Waals surface area contributed by atoms with Crippen LogP contribution in [-0.4, -0.2) is 15.0 Å². The lowest BCUT2D eigenvalue weighted by Gasteiger charge is -2.05. The van der Waals surface area contributed by atoms with Crippen LogP contribution in [0, 0.1) is 5.92 Å². The maximum atomic E-state index is 5.80. The van der Waals surface area contributed by atoms with Crippen LogP contribution < -0.4 is 4.74 Å². The van der Waals surface area contributed by atoms with Crippen molar-refractivity contribution in [2.24, 2.45) is 5.92 Å². The highest BCUT2D eigenvalue weighted by Gasteiger charge is 2.04. The van der Waals surface area contributed by atoms with E-state index in [2.05, 4.69) is 42.4 Å². The van der Waals surface area contributed by atoms with Gasteiger partial charge in [-0.15, -0.1) is 5.10 Å². The quantitative estimate of drug-likeness (QED) is 0.716. The number of hydrogen-bond donors (Lipinski definition) is 0. The van der Waals surface area contributed by atoms with Crippen molar-refractivity contribution >= 4 is 10.8 Å². The Bertz CT molecular complexity index is 733. The van der Waals surface area contributed by atoms with Crippen molar-refractivity contribution < 1.29 is 4.74 Å². The number of fused-ring (bicyclic) bond motifs is 1. The van der Waals surface area contributed by atoms with Gasteiger partial charge in [0.1, 0.15) is 18.1 Å². The second kappa shape index (κ2) is 5.95. The van der Waals surface area contributed by atoms with Gasteiger partial charge < -0.3 is 4.74 Å². The van der Waals surface area contributed by atoms with E-state index in [1.807, 2.05) is 35.1 Å². The first-order valence-electron chi connectivity index (χ1n) is 7.21. The van der Waals surface area contributed by atoms with Gasteiger partial charge in [-0.3, -0.25) is 4.68 Å². The Kier molecular flexibility index (Phi) is 3.86. The summed E-state index contributed by atoms with van der Waals surface area (Å²) in [6.07, 6.45) is 1.95. The molecule has 4 heteroatoms. The average Bonchev–Trinajstić information content (AvgIpc) is 2.91. The Labute approximate surface area is 124 Å². The number of aromatic nitrogens is 3. The average molecular weight is 281 g/mol. The van der Waals surface area contributed by atoms with Crippen molar-refractivity contribution in [3.63, 3.8) is 0 Å². The Hall–Kier alpha value is -2.36. The number of benzene rings is 2. The van der Waals surface area contributed by atoms with E-state index in [1.54, 1.807) is 0 Å². The predicted octanol–water partition coefficient (Wildman–Crippen LogP) is 3.67. The molecular weight excluding hydrogens is 262 g/mol. The van der Waals surface area contributed by atoms with E-state index in [-0.39, 0.29) is 0 Å². The highest BCUT2D eigenvalue weighted by Crippen LogP contribution is 2.21. The van der Waals surface area contributed by atoms with E-state index >= 15 is 0 Å². The summed E-state index contributed by atoms with van der Waals surface area (Å²) in [5, 5.41) is 10.6. The zero-order valence-corrected chi connectivity index (χ0v) is 12.4. The molecule has 0 fully saturated rings. The topological polar surface area (TPSA) is 39.9 Å². The second-order valence-electron chi connectivity index (χ2n) is 5.62. The highest BCUT2D eigenvalue weighted by atomic mass is 16.5. The van der Waals surface area contributed by atoms with Crippen LogP contribution in [-0.2, 0) is 13.2 Å². The fourth-order valence-corrected chi connectivity index (χ4v) is 2.28. The molecule has 21 heavy (non-hydrogen) atoms. The number of nitrogens with zero attached hydrogens (tertiary/aromatic N) is 3. The van der Waals surface area contributed by atoms with Gasteiger partial charge >= 0.3 is 0 Å². The standard InChI is InChI=1S/C17H19N3O/c1-13(2)10-20-11-16(18-19-20)12-21-17-8-7-14-5-3-4-6-15(14)9-17/h3-9,11,13H,10,12H2,1-2H3. The smallest absolute Gasteiger partial charge is 0.134 e. The van der Waals surface area contributed by atoms with Crippen molar-refractivity contribution in [3.8, 4) is 5.75 Å². The molecule has 3 rings (SSSR count). The first-order chi connectivity index (χ1) is 10.2. The van der Waals surface area contributed by atoms with Crippen LogP contribution in [0.4, 0.5) is 0 Å². The van der Waals surface area contributed by atoms with Gasteiger partial charge in [-0.1, -0.05) is 49.4 Å². The summed E-state index contributed by atoms with van der Waals surface area (Å²) >= 11 is 0. The summed E-state index contributed by atoms with van der Waals surface area (Å²) in [6, 6.07) is 14.4. The first-order valence-corrected chi connectivity index (χ1v) is 7.21. The molecule has 0 spiro atoms. The number of rotatable bonds is 5. The highest BCUT2D eigenvalue weighted by molar-refractivity contribution is 5.83.